The molecule has 1 aromatic carbocycles. The van der Waals surface area contributed by atoms with Gasteiger partial charge in [0, 0.05) is 11.1 Å². The molecule has 2 N–H and O–H groups in total. The van der Waals surface area contributed by atoms with Crippen molar-refractivity contribution in [3.63, 3.8) is 0 Å². The summed E-state index contributed by atoms with van der Waals surface area (Å²) in [6.45, 7) is 1.65. The van der Waals surface area contributed by atoms with Crippen molar-refractivity contribution in [3.8, 4) is 0 Å². The number of hydrogen-bond acceptors (Lipinski definition) is 2. The lowest BCUT2D eigenvalue weighted by molar-refractivity contribution is 0.0937. The zero-order valence-electron chi connectivity index (χ0n) is 13.3. The first-order valence-electron chi connectivity index (χ1n) is 7.77. The Morgan fingerprint density at radius 3 is 2.19 bits per heavy atom. The fraction of sp³-hybridized carbons (Fsp3) is 0.647. The van der Waals surface area contributed by atoms with E-state index in [1.54, 1.807) is 6.92 Å². The summed E-state index contributed by atoms with van der Waals surface area (Å²) in [6, 6.07) is 2.15. The van der Waals surface area contributed by atoms with Gasteiger partial charge in [-0.15, -0.1) is 0 Å². The quantitative estimate of drug-likeness (QED) is 0.856. The van der Waals surface area contributed by atoms with E-state index in [0.717, 1.165) is 25.7 Å². The highest BCUT2D eigenvalue weighted by molar-refractivity contribution is 5.31. The van der Waals surface area contributed by atoms with Crippen molar-refractivity contribution in [3.05, 3.63) is 34.9 Å². The number of nitrogens with two attached hydrogens (primary N) is 1. The van der Waals surface area contributed by atoms with Crippen molar-refractivity contribution >= 4 is 0 Å². The zero-order chi connectivity index (χ0) is 15.6. The minimum Gasteiger partial charge on any atom is -0.322 e. The lowest BCUT2D eigenvalue weighted by Gasteiger charge is -2.44. The molecule has 0 amide bonds. The van der Waals surface area contributed by atoms with Gasteiger partial charge in [-0.2, -0.15) is 0 Å². The van der Waals surface area contributed by atoms with Gasteiger partial charge in [0.25, 0.3) is 0 Å². The summed E-state index contributed by atoms with van der Waals surface area (Å²) < 4.78 is 28.7. The highest BCUT2D eigenvalue weighted by Gasteiger charge is 2.42. The summed E-state index contributed by atoms with van der Waals surface area (Å²) in [6.07, 6.45) is 6.21. The van der Waals surface area contributed by atoms with E-state index in [1.165, 1.54) is 25.0 Å². The Kier molecular flexibility index (Phi) is 4.99. The van der Waals surface area contributed by atoms with Gasteiger partial charge in [0.1, 0.15) is 11.6 Å². The summed E-state index contributed by atoms with van der Waals surface area (Å²) >= 11 is 0. The van der Waals surface area contributed by atoms with Crippen LogP contribution in [0.2, 0.25) is 0 Å². The van der Waals surface area contributed by atoms with E-state index in [9.17, 15) is 8.78 Å². The number of benzene rings is 1. The third-order valence-electron chi connectivity index (χ3n) is 5.07. The molecule has 1 aliphatic rings. The van der Waals surface area contributed by atoms with Crippen LogP contribution in [0.1, 0.15) is 55.7 Å². The van der Waals surface area contributed by atoms with E-state index >= 15 is 0 Å². The van der Waals surface area contributed by atoms with Gasteiger partial charge in [-0.25, -0.2) is 8.78 Å². The highest BCUT2D eigenvalue weighted by atomic mass is 19.1. The van der Waals surface area contributed by atoms with Crippen molar-refractivity contribution in [2.45, 2.75) is 57.0 Å². The van der Waals surface area contributed by atoms with Crippen LogP contribution >= 0.6 is 0 Å². The van der Waals surface area contributed by atoms with Crippen LogP contribution in [-0.2, 0) is 0 Å². The lowest BCUT2D eigenvalue weighted by Crippen LogP contribution is -2.52. The number of nitrogens with zero attached hydrogens (tertiary/aromatic N) is 1. The van der Waals surface area contributed by atoms with Gasteiger partial charge in [-0.3, -0.25) is 0 Å². The molecule has 0 radical (unpaired) electrons. The Hall–Kier alpha value is -1.00. The van der Waals surface area contributed by atoms with E-state index < -0.39 is 17.7 Å². The third-order valence-corrected chi connectivity index (χ3v) is 5.07. The number of halogens is 2. The number of aryl methyl sites for hydroxylation is 1. The summed E-state index contributed by atoms with van der Waals surface area (Å²) in [7, 11) is 3.94. The maximum absolute atomic E-state index is 14.5. The molecule has 0 bridgehead atoms. The lowest BCUT2D eigenvalue weighted by atomic mass is 9.78. The van der Waals surface area contributed by atoms with E-state index in [-0.39, 0.29) is 11.1 Å². The second-order valence-electron chi connectivity index (χ2n) is 6.48. The molecule has 1 aromatic rings. The van der Waals surface area contributed by atoms with Crippen LogP contribution in [0.4, 0.5) is 8.78 Å². The average molecular weight is 296 g/mol. The average Bonchev–Trinajstić information content (AvgIpc) is 2.70. The normalized spacial score (nSPS) is 20.3. The summed E-state index contributed by atoms with van der Waals surface area (Å²) in [5.74, 6) is -1.02. The molecule has 0 saturated heterocycles. The predicted molar refractivity (Wildman–Crippen MR) is 82.1 cm³/mol. The standard InChI is InChI=1S/C17H26F2N2/c1-12-8-9-13(18)14(15(12)19)16(20)17(21(2)3)10-6-4-5-7-11-17/h8-9,16H,4-7,10-11,20H2,1-3H3. The van der Waals surface area contributed by atoms with Crippen LogP contribution in [0.25, 0.3) is 0 Å². The van der Waals surface area contributed by atoms with Crippen LogP contribution in [0.15, 0.2) is 12.1 Å². The van der Waals surface area contributed by atoms with Crippen molar-refractivity contribution < 1.29 is 8.78 Å². The molecular weight excluding hydrogens is 270 g/mol. The van der Waals surface area contributed by atoms with E-state index in [0.29, 0.717) is 5.56 Å². The van der Waals surface area contributed by atoms with Gasteiger partial charge < -0.3 is 10.6 Å². The molecule has 2 rings (SSSR count). The van der Waals surface area contributed by atoms with E-state index in [4.69, 9.17) is 5.73 Å². The van der Waals surface area contributed by atoms with Gasteiger partial charge in [-0.1, -0.05) is 31.7 Å². The molecule has 0 spiro atoms. The van der Waals surface area contributed by atoms with Crippen LogP contribution in [0, 0.1) is 18.6 Å². The predicted octanol–water partition coefficient (Wildman–Crippen LogP) is 3.93. The molecule has 1 aliphatic carbocycles. The van der Waals surface area contributed by atoms with Gasteiger partial charge in [0.15, 0.2) is 0 Å². The number of likely N-dealkylation sites (N-methyl/N-ethyl adjacent to an activating group) is 1. The minimum absolute atomic E-state index is 0.0469. The first-order chi connectivity index (χ1) is 9.90. The number of rotatable bonds is 3. The second kappa shape index (κ2) is 6.41. The SMILES string of the molecule is Cc1ccc(F)c(C(N)C2(N(C)C)CCCCCC2)c1F. The Balaban J connectivity index is 2.48. The summed E-state index contributed by atoms with van der Waals surface area (Å²) in [5, 5.41) is 0. The fourth-order valence-electron chi connectivity index (χ4n) is 3.61. The monoisotopic (exact) mass is 296 g/mol. The van der Waals surface area contributed by atoms with Gasteiger partial charge in [0.2, 0.25) is 0 Å². The van der Waals surface area contributed by atoms with Gasteiger partial charge in [-0.05, 0) is 45.5 Å². The second-order valence-corrected chi connectivity index (χ2v) is 6.48. The third kappa shape index (κ3) is 2.97. The molecule has 4 heteroatoms. The minimum atomic E-state index is -0.648. The largest absolute Gasteiger partial charge is 0.322 e. The Bertz CT molecular complexity index is 492. The van der Waals surface area contributed by atoms with Crippen LogP contribution in [0.5, 0.6) is 0 Å². The van der Waals surface area contributed by atoms with Crippen LogP contribution in [0.3, 0.4) is 0 Å². The molecule has 1 atom stereocenters. The van der Waals surface area contributed by atoms with Crippen molar-refractivity contribution in [2.75, 3.05) is 14.1 Å². The van der Waals surface area contributed by atoms with E-state index in [1.807, 2.05) is 14.1 Å². The highest BCUT2D eigenvalue weighted by Crippen LogP contribution is 2.41. The van der Waals surface area contributed by atoms with Crippen molar-refractivity contribution in [1.29, 1.82) is 0 Å². The molecule has 0 heterocycles. The summed E-state index contributed by atoms with van der Waals surface area (Å²) in [4.78, 5) is 2.07. The van der Waals surface area contributed by atoms with Crippen molar-refractivity contribution in [1.82, 2.24) is 4.90 Å². The smallest absolute Gasteiger partial charge is 0.133 e. The zero-order valence-corrected chi connectivity index (χ0v) is 13.3. The first-order valence-corrected chi connectivity index (χ1v) is 7.77. The fourth-order valence-corrected chi connectivity index (χ4v) is 3.61. The van der Waals surface area contributed by atoms with Gasteiger partial charge >= 0.3 is 0 Å². The maximum Gasteiger partial charge on any atom is 0.133 e. The van der Waals surface area contributed by atoms with E-state index in [2.05, 4.69) is 4.90 Å². The summed E-state index contributed by atoms with van der Waals surface area (Å²) in [5.41, 5.74) is 6.55. The Morgan fingerprint density at radius 1 is 1.10 bits per heavy atom. The topological polar surface area (TPSA) is 29.3 Å². The molecule has 1 unspecified atom stereocenters. The molecular formula is C17H26F2N2. The number of hydrogen-bond donors (Lipinski definition) is 1. The molecule has 21 heavy (non-hydrogen) atoms. The molecule has 1 fully saturated rings. The maximum atomic E-state index is 14.5. The Morgan fingerprint density at radius 2 is 1.67 bits per heavy atom. The molecule has 0 aliphatic heterocycles. The molecule has 0 aromatic heterocycles. The molecule has 1 saturated carbocycles. The molecule has 118 valence electrons. The first kappa shape index (κ1) is 16.4. The van der Waals surface area contributed by atoms with Crippen LogP contribution < -0.4 is 5.73 Å². The molecule has 2 nitrogen and oxygen atoms in total. The van der Waals surface area contributed by atoms with Crippen molar-refractivity contribution in [2.24, 2.45) is 5.73 Å². The Labute approximate surface area is 126 Å². The van der Waals surface area contributed by atoms with Gasteiger partial charge in [0.05, 0.1) is 6.04 Å². The van der Waals surface area contributed by atoms with Crippen LogP contribution in [-0.4, -0.2) is 24.5 Å².